The number of hydrogen-bond acceptors (Lipinski definition) is 2. The molecule has 0 heterocycles. The van der Waals surface area contributed by atoms with E-state index in [4.69, 9.17) is 11.6 Å². The van der Waals surface area contributed by atoms with Gasteiger partial charge in [0, 0.05) is 38.4 Å². The molecule has 82 valence electrons. The van der Waals surface area contributed by atoms with E-state index in [1.807, 2.05) is 20.3 Å². The van der Waals surface area contributed by atoms with Crippen molar-refractivity contribution >= 4 is 23.5 Å². The molecule has 0 unspecified atom stereocenters. The van der Waals surface area contributed by atoms with Gasteiger partial charge < -0.3 is 4.90 Å². The van der Waals surface area contributed by atoms with Crippen LogP contribution in [0.3, 0.4) is 0 Å². The number of alkyl halides is 1. The third-order valence-electron chi connectivity index (χ3n) is 2.07. The summed E-state index contributed by atoms with van der Waals surface area (Å²) in [4.78, 5) is 6.36. The van der Waals surface area contributed by atoms with Crippen LogP contribution in [0.15, 0.2) is 29.3 Å². The van der Waals surface area contributed by atoms with Crippen LogP contribution in [0.2, 0.25) is 0 Å². The summed E-state index contributed by atoms with van der Waals surface area (Å²) < 4.78 is 0. The van der Waals surface area contributed by atoms with Gasteiger partial charge in [-0.05, 0) is 24.1 Å². The van der Waals surface area contributed by atoms with Gasteiger partial charge in [0.05, 0.1) is 0 Å². The Morgan fingerprint density at radius 3 is 2.47 bits per heavy atom. The lowest BCUT2D eigenvalue weighted by atomic mass is 10.2. The van der Waals surface area contributed by atoms with E-state index in [0.717, 1.165) is 18.5 Å². The molecule has 0 N–H and O–H groups in total. The van der Waals surface area contributed by atoms with Crippen molar-refractivity contribution in [2.75, 3.05) is 31.4 Å². The van der Waals surface area contributed by atoms with Crippen molar-refractivity contribution in [2.45, 2.75) is 6.42 Å². The van der Waals surface area contributed by atoms with Gasteiger partial charge in [0.15, 0.2) is 0 Å². The highest BCUT2D eigenvalue weighted by molar-refractivity contribution is 6.17. The van der Waals surface area contributed by atoms with Crippen LogP contribution < -0.4 is 4.90 Å². The summed E-state index contributed by atoms with van der Waals surface area (Å²) in [5, 5.41) is 0. The van der Waals surface area contributed by atoms with Gasteiger partial charge in [-0.3, -0.25) is 4.99 Å². The van der Waals surface area contributed by atoms with Gasteiger partial charge in [0.1, 0.15) is 0 Å². The lowest BCUT2D eigenvalue weighted by Gasteiger charge is -2.11. The average Bonchev–Trinajstić information content (AvgIpc) is 2.25. The zero-order chi connectivity index (χ0) is 11.1. The normalized spacial score (nSPS) is 10.9. The number of anilines is 1. The Hall–Kier alpha value is -1.02. The van der Waals surface area contributed by atoms with Crippen molar-refractivity contribution in [2.24, 2.45) is 4.99 Å². The van der Waals surface area contributed by atoms with Gasteiger partial charge in [-0.25, -0.2) is 0 Å². The topological polar surface area (TPSA) is 15.6 Å². The molecular formula is C12H17ClN2. The maximum absolute atomic E-state index is 5.56. The molecule has 1 aromatic carbocycles. The smallest absolute Gasteiger partial charge is 0.0400 e. The molecule has 0 spiro atoms. The second-order valence-corrected chi connectivity index (χ2v) is 3.94. The number of rotatable bonds is 5. The van der Waals surface area contributed by atoms with Crippen LogP contribution in [-0.4, -0.2) is 32.7 Å². The fourth-order valence-corrected chi connectivity index (χ4v) is 1.30. The van der Waals surface area contributed by atoms with Crippen molar-refractivity contribution in [3.63, 3.8) is 0 Å². The fraction of sp³-hybridized carbons (Fsp3) is 0.417. The number of benzene rings is 1. The summed E-state index contributed by atoms with van der Waals surface area (Å²) in [5.41, 5.74) is 2.34. The Balaban J connectivity index is 2.53. The lowest BCUT2D eigenvalue weighted by molar-refractivity contribution is 0.943. The average molecular weight is 225 g/mol. The summed E-state index contributed by atoms with van der Waals surface area (Å²) in [6.07, 6.45) is 2.83. The Labute approximate surface area is 96.6 Å². The summed E-state index contributed by atoms with van der Waals surface area (Å²) in [5.74, 6) is 0.677. The van der Waals surface area contributed by atoms with Gasteiger partial charge in [0.2, 0.25) is 0 Å². The Bertz CT molecular complexity index is 304. The molecule has 15 heavy (non-hydrogen) atoms. The minimum Gasteiger partial charge on any atom is -0.378 e. The SMILES string of the molecule is CN(C)c1ccc(C=NCCCCl)cc1. The first-order valence-electron chi connectivity index (χ1n) is 5.07. The third-order valence-corrected chi connectivity index (χ3v) is 2.34. The second-order valence-electron chi connectivity index (χ2n) is 3.56. The van der Waals surface area contributed by atoms with Crippen molar-refractivity contribution in [1.82, 2.24) is 0 Å². The first kappa shape index (κ1) is 12.1. The molecular weight excluding hydrogens is 208 g/mol. The van der Waals surface area contributed by atoms with E-state index in [2.05, 4.69) is 34.2 Å². The molecule has 2 nitrogen and oxygen atoms in total. The van der Waals surface area contributed by atoms with Gasteiger partial charge in [-0.2, -0.15) is 0 Å². The standard InChI is InChI=1S/C12H17ClN2/c1-15(2)12-6-4-11(5-7-12)10-14-9-3-8-13/h4-7,10H,3,8-9H2,1-2H3. The van der Waals surface area contributed by atoms with Crippen LogP contribution in [0.25, 0.3) is 0 Å². The molecule has 1 aromatic rings. The number of aliphatic imine (C=N–C) groups is 1. The molecule has 3 heteroatoms. The van der Waals surface area contributed by atoms with E-state index in [9.17, 15) is 0 Å². The summed E-state index contributed by atoms with van der Waals surface area (Å²) in [7, 11) is 4.06. The van der Waals surface area contributed by atoms with E-state index in [-0.39, 0.29) is 0 Å². The van der Waals surface area contributed by atoms with Crippen LogP contribution in [0, 0.1) is 0 Å². The largest absolute Gasteiger partial charge is 0.378 e. The Morgan fingerprint density at radius 1 is 1.27 bits per heavy atom. The molecule has 0 fully saturated rings. The van der Waals surface area contributed by atoms with Gasteiger partial charge in [-0.1, -0.05) is 12.1 Å². The molecule has 0 aliphatic carbocycles. The first-order valence-corrected chi connectivity index (χ1v) is 5.60. The Kier molecular flexibility index (Phi) is 5.19. The van der Waals surface area contributed by atoms with Crippen molar-refractivity contribution in [1.29, 1.82) is 0 Å². The molecule has 0 saturated carbocycles. The summed E-state index contributed by atoms with van der Waals surface area (Å²) in [6.45, 7) is 0.804. The van der Waals surface area contributed by atoms with Gasteiger partial charge >= 0.3 is 0 Å². The quantitative estimate of drug-likeness (QED) is 0.427. The van der Waals surface area contributed by atoms with Crippen LogP contribution >= 0.6 is 11.6 Å². The highest BCUT2D eigenvalue weighted by Crippen LogP contribution is 2.10. The number of hydrogen-bond donors (Lipinski definition) is 0. The molecule has 0 amide bonds. The molecule has 1 rings (SSSR count). The molecule has 0 aliphatic rings. The number of nitrogens with zero attached hydrogens (tertiary/aromatic N) is 2. The Morgan fingerprint density at radius 2 is 1.93 bits per heavy atom. The zero-order valence-electron chi connectivity index (χ0n) is 9.28. The highest BCUT2D eigenvalue weighted by atomic mass is 35.5. The molecule has 0 aliphatic heterocycles. The van der Waals surface area contributed by atoms with E-state index >= 15 is 0 Å². The molecule has 0 atom stereocenters. The molecule has 0 aromatic heterocycles. The molecule has 0 bridgehead atoms. The minimum atomic E-state index is 0.677. The molecule has 0 radical (unpaired) electrons. The van der Waals surface area contributed by atoms with E-state index in [1.165, 1.54) is 5.69 Å². The van der Waals surface area contributed by atoms with Crippen molar-refractivity contribution < 1.29 is 0 Å². The fourth-order valence-electron chi connectivity index (χ4n) is 1.18. The predicted octanol–water partition coefficient (Wildman–Crippen LogP) is 2.80. The summed E-state index contributed by atoms with van der Waals surface area (Å²) in [6, 6.07) is 8.31. The van der Waals surface area contributed by atoms with E-state index in [1.54, 1.807) is 0 Å². The van der Waals surface area contributed by atoms with Crippen LogP contribution in [0.4, 0.5) is 5.69 Å². The predicted molar refractivity (Wildman–Crippen MR) is 68.6 cm³/mol. The van der Waals surface area contributed by atoms with Gasteiger partial charge in [0.25, 0.3) is 0 Å². The maximum atomic E-state index is 5.56. The zero-order valence-corrected chi connectivity index (χ0v) is 10.0. The summed E-state index contributed by atoms with van der Waals surface area (Å²) >= 11 is 5.56. The lowest BCUT2D eigenvalue weighted by Crippen LogP contribution is -2.08. The van der Waals surface area contributed by atoms with Crippen LogP contribution in [0.1, 0.15) is 12.0 Å². The van der Waals surface area contributed by atoms with Crippen molar-refractivity contribution in [3.8, 4) is 0 Å². The third kappa shape index (κ3) is 4.34. The minimum absolute atomic E-state index is 0.677. The van der Waals surface area contributed by atoms with E-state index in [0.29, 0.717) is 5.88 Å². The van der Waals surface area contributed by atoms with E-state index < -0.39 is 0 Å². The van der Waals surface area contributed by atoms with Crippen molar-refractivity contribution in [3.05, 3.63) is 29.8 Å². The van der Waals surface area contributed by atoms with Gasteiger partial charge in [-0.15, -0.1) is 11.6 Å². The number of halogens is 1. The second kappa shape index (κ2) is 6.46. The van der Waals surface area contributed by atoms with Crippen LogP contribution in [-0.2, 0) is 0 Å². The maximum Gasteiger partial charge on any atom is 0.0400 e. The first-order chi connectivity index (χ1) is 7.24. The van der Waals surface area contributed by atoms with Crippen LogP contribution in [0.5, 0.6) is 0 Å². The highest BCUT2D eigenvalue weighted by Gasteiger charge is 1.93. The molecule has 0 saturated heterocycles. The monoisotopic (exact) mass is 224 g/mol.